The van der Waals surface area contributed by atoms with Crippen molar-refractivity contribution in [1.82, 2.24) is 24.9 Å². The Labute approximate surface area is 112 Å². The monoisotopic (exact) mass is 267 g/mol. The molecular formula is C12H18ClN5. The van der Waals surface area contributed by atoms with Crippen molar-refractivity contribution in [2.24, 2.45) is 14.1 Å². The summed E-state index contributed by atoms with van der Waals surface area (Å²) in [5, 5.41) is 12.7. The summed E-state index contributed by atoms with van der Waals surface area (Å²) in [5.41, 5.74) is 3.12. The SMILES string of the molecule is CCc1nn(C)c(CNCc2ccnn2C)c1Cl. The summed E-state index contributed by atoms with van der Waals surface area (Å²) < 4.78 is 3.70. The van der Waals surface area contributed by atoms with Crippen molar-refractivity contribution in [3.8, 4) is 0 Å². The van der Waals surface area contributed by atoms with Crippen LogP contribution in [0.1, 0.15) is 24.0 Å². The van der Waals surface area contributed by atoms with Crippen LogP contribution in [0.3, 0.4) is 0 Å². The number of nitrogens with zero attached hydrogens (tertiary/aromatic N) is 4. The fraction of sp³-hybridized carbons (Fsp3) is 0.500. The van der Waals surface area contributed by atoms with E-state index in [0.29, 0.717) is 6.54 Å². The standard InChI is InChI=1S/C12H18ClN5/c1-4-10-12(13)11(18(3)16-10)8-14-7-9-5-6-15-17(9)2/h5-6,14H,4,7-8H2,1-3H3. The first-order chi connectivity index (χ1) is 8.63. The predicted molar refractivity (Wildman–Crippen MR) is 71.3 cm³/mol. The zero-order chi connectivity index (χ0) is 13.1. The van der Waals surface area contributed by atoms with Gasteiger partial charge in [-0.2, -0.15) is 10.2 Å². The van der Waals surface area contributed by atoms with E-state index >= 15 is 0 Å². The lowest BCUT2D eigenvalue weighted by molar-refractivity contribution is 0.594. The molecular weight excluding hydrogens is 250 g/mol. The van der Waals surface area contributed by atoms with Crippen LogP contribution in [-0.2, 0) is 33.6 Å². The lowest BCUT2D eigenvalue weighted by atomic mass is 10.3. The summed E-state index contributed by atoms with van der Waals surface area (Å²) in [6, 6.07) is 2.00. The van der Waals surface area contributed by atoms with Gasteiger partial charge in [-0.3, -0.25) is 9.36 Å². The number of rotatable bonds is 5. The Kier molecular flexibility index (Phi) is 4.04. The maximum absolute atomic E-state index is 6.28. The van der Waals surface area contributed by atoms with Crippen LogP contribution in [0, 0.1) is 0 Å². The summed E-state index contributed by atoms with van der Waals surface area (Å²) in [4.78, 5) is 0. The Morgan fingerprint density at radius 3 is 2.61 bits per heavy atom. The van der Waals surface area contributed by atoms with E-state index in [1.165, 1.54) is 0 Å². The number of hydrogen-bond donors (Lipinski definition) is 1. The first kappa shape index (κ1) is 13.1. The average Bonchev–Trinajstić information content (AvgIpc) is 2.87. The molecule has 0 saturated heterocycles. The van der Waals surface area contributed by atoms with Gasteiger partial charge >= 0.3 is 0 Å². The Morgan fingerprint density at radius 2 is 2.06 bits per heavy atom. The highest BCUT2D eigenvalue weighted by Gasteiger charge is 2.12. The first-order valence-corrected chi connectivity index (χ1v) is 6.39. The number of nitrogens with one attached hydrogen (secondary N) is 1. The van der Waals surface area contributed by atoms with Gasteiger partial charge in [-0.25, -0.2) is 0 Å². The van der Waals surface area contributed by atoms with Crippen LogP contribution >= 0.6 is 11.6 Å². The summed E-state index contributed by atoms with van der Waals surface area (Å²) in [7, 11) is 3.86. The van der Waals surface area contributed by atoms with Crippen LogP contribution in [0.25, 0.3) is 0 Å². The van der Waals surface area contributed by atoms with Gasteiger partial charge in [0.2, 0.25) is 0 Å². The zero-order valence-corrected chi connectivity index (χ0v) is 11.7. The Morgan fingerprint density at radius 1 is 1.28 bits per heavy atom. The fourth-order valence-corrected chi connectivity index (χ4v) is 2.26. The van der Waals surface area contributed by atoms with Gasteiger partial charge in [-0.05, 0) is 12.5 Å². The zero-order valence-electron chi connectivity index (χ0n) is 10.9. The molecule has 0 atom stereocenters. The topological polar surface area (TPSA) is 47.7 Å². The minimum absolute atomic E-state index is 0.702. The van der Waals surface area contributed by atoms with Crippen molar-refractivity contribution in [3.63, 3.8) is 0 Å². The third kappa shape index (κ3) is 2.57. The van der Waals surface area contributed by atoms with E-state index in [0.717, 1.165) is 35.1 Å². The number of aryl methyl sites for hydroxylation is 3. The lowest BCUT2D eigenvalue weighted by Gasteiger charge is -2.06. The van der Waals surface area contributed by atoms with Crippen LogP contribution in [0.4, 0.5) is 0 Å². The minimum atomic E-state index is 0.702. The maximum atomic E-state index is 6.28. The molecule has 0 aromatic carbocycles. The van der Waals surface area contributed by atoms with Gasteiger partial charge < -0.3 is 5.32 Å². The van der Waals surface area contributed by atoms with E-state index in [4.69, 9.17) is 11.6 Å². The van der Waals surface area contributed by atoms with Gasteiger partial charge in [0, 0.05) is 33.4 Å². The van der Waals surface area contributed by atoms with Gasteiger partial charge in [0.1, 0.15) is 0 Å². The Balaban J connectivity index is 1.98. The summed E-state index contributed by atoms with van der Waals surface area (Å²) in [6.45, 7) is 3.52. The summed E-state index contributed by atoms with van der Waals surface area (Å²) >= 11 is 6.28. The molecule has 0 aliphatic rings. The molecule has 6 heteroatoms. The smallest absolute Gasteiger partial charge is 0.0863 e. The van der Waals surface area contributed by atoms with E-state index in [9.17, 15) is 0 Å². The normalized spacial score (nSPS) is 11.1. The number of halogens is 1. The van der Waals surface area contributed by atoms with Crippen molar-refractivity contribution in [2.45, 2.75) is 26.4 Å². The Hall–Kier alpha value is -1.33. The third-order valence-electron chi connectivity index (χ3n) is 3.02. The molecule has 0 spiro atoms. The molecule has 2 aromatic heterocycles. The molecule has 18 heavy (non-hydrogen) atoms. The maximum Gasteiger partial charge on any atom is 0.0863 e. The van der Waals surface area contributed by atoms with Gasteiger partial charge in [0.05, 0.1) is 22.1 Å². The molecule has 0 fully saturated rings. The molecule has 5 nitrogen and oxygen atoms in total. The van der Waals surface area contributed by atoms with E-state index in [-0.39, 0.29) is 0 Å². The number of hydrogen-bond acceptors (Lipinski definition) is 3. The fourth-order valence-electron chi connectivity index (χ4n) is 1.90. The summed E-state index contributed by atoms with van der Waals surface area (Å²) in [6.07, 6.45) is 2.65. The molecule has 98 valence electrons. The first-order valence-electron chi connectivity index (χ1n) is 6.01. The molecule has 0 bridgehead atoms. The lowest BCUT2D eigenvalue weighted by Crippen LogP contribution is -2.17. The van der Waals surface area contributed by atoms with Crippen molar-refractivity contribution < 1.29 is 0 Å². The van der Waals surface area contributed by atoms with E-state index in [1.807, 2.05) is 29.5 Å². The van der Waals surface area contributed by atoms with Gasteiger partial charge in [-0.1, -0.05) is 18.5 Å². The second-order valence-electron chi connectivity index (χ2n) is 4.23. The molecule has 0 amide bonds. The van der Waals surface area contributed by atoms with Crippen molar-refractivity contribution in [2.75, 3.05) is 0 Å². The third-order valence-corrected chi connectivity index (χ3v) is 3.46. The van der Waals surface area contributed by atoms with Crippen LogP contribution in [-0.4, -0.2) is 19.6 Å². The largest absolute Gasteiger partial charge is 0.305 e. The predicted octanol–water partition coefficient (Wildman–Crippen LogP) is 1.66. The average molecular weight is 268 g/mol. The second-order valence-corrected chi connectivity index (χ2v) is 4.61. The molecule has 0 unspecified atom stereocenters. The molecule has 0 saturated carbocycles. The Bertz CT molecular complexity index is 529. The van der Waals surface area contributed by atoms with Crippen molar-refractivity contribution >= 4 is 11.6 Å². The van der Waals surface area contributed by atoms with E-state index < -0.39 is 0 Å². The van der Waals surface area contributed by atoms with Gasteiger partial charge in [-0.15, -0.1) is 0 Å². The van der Waals surface area contributed by atoms with Crippen molar-refractivity contribution in [3.05, 3.63) is 34.4 Å². The quantitative estimate of drug-likeness (QED) is 0.896. The highest BCUT2D eigenvalue weighted by Crippen LogP contribution is 2.20. The highest BCUT2D eigenvalue weighted by molar-refractivity contribution is 6.31. The van der Waals surface area contributed by atoms with Crippen LogP contribution < -0.4 is 5.32 Å². The van der Waals surface area contributed by atoms with Crippen LogP contribution in [0.2, 0.25) is 5.02 Å². The molecule has 0 aliphatic carbocycles. The number of aromatic nitrogens is 4. The van der Waals surface area contributed by atoms with E-state index in [2.05, 4.69) is 22.4 Å². The van der Waals surface area contributed by atoms with Crippen LogP contribution in [0.15, 0.2) is 12.3 Å². The molecule has 0 radical (unpaired) electrons. The van der Waals surface area contributed by atoms with E-state index in [1.54, 1.807) is 6.20 Å². The molecule has 1 N–H and O–H groups in total. The van der Waals surface area contributed by atoms with Gasteiger partial charge in [0.25, 0.3) is 0 Å². The van der Waals surface area contributed by atoms with Crippen LogP contribution in [0.5, 0.6) is 0 Å². The second kappa shape index (κ2) is 5.54. The summed E-state index contributed by atoms with van der Waals surface area (Å²) in [5.74, 6) is 0. The molecule has 2 heterocycles. The van der Waals surface area contributed by atoms with Gasteiger partial charge in [0.15, 0.2) is 0 Å². The minimum Gasteiger partial charge on any atom is -0.305 e. The molecule has 2 aromatic rings. The molecule has 0 aliphatic heterocycles. The van der Waals surface area contributed by atoms with Crippen molar-refractivity contribution in [1.29, 1.82) is 0 Å². The highest BCUT2D eigenvalue weighted by atomic mass is 35.5. The molecule has 2 rings (SSSR count).